The van der Waals surface area contributed by atoms with Gasteiger partial charge in [-0.15, -0.1) is 0 Å². The van der Waals surface area contributed by atoms with Crippen molar-refractivity contribution in [1.82, 2.24) is 20.1 Å². The van der Waals surface area contributed by atoms with E-state index in [9.17, 15) is 19.5 Å². The fourth-order valence-corrected chi connectivity index (χ4v) is 4.10. The van der Waals surface area contributed by atoms with E-state index in [1.165, 1.54) is 11.7 Å². The van der Waals surface area contributed by atoms with Crippen molar-refractivity contribution in [1.29, 1.82) is 0 Å². The minimum atomic E-state index is -1.46. The van der Waals surface area contributed by atoms with Gasteiger partial charge in [0.15, 0.2) is 5.88 Å². The molecular formula is C20H24N4O5. The van der Waals surface area contributed by atoms with Crippen LogP contribution in [0.15, 0.2) is 24.4 Å². The fourth-order valence-electron chi connectivity index (χ4n) is 4.10. The van der Waals surface area contributed by atoms with Crippen molar-refractivity contribution in [2.45, 2.75) is 37.8 Å². The van der Waals surface area contributed by atoms with Gasteiger partial charge >= 0.3 is 6.03 Å². The van der Waals surface area contributed by atoms with Gasteiger partial charge in [0.2, 0.25) is 5.91 Å². The van der Waals surface area contributed by atoms with E-state index in [0.717, 1.165) is 24.6 Å². The largest absolute Gasteiger partial charge is 0.497 e. The molecule has 29 heavy (non-hydrogen) atoms. The predicted molar refractivity (Wildman–Crippen MR) is 105 cm³/mol. The topological polar surface area (TPSA) is 113 Å². The molecule has 0 spiro atoms. The number of benzene rings is 1. The summed E-state index contributed by atoms with van der Waals surface area (Å²) >= 11 is 0. The average Bonchev–Trinajstić information content (AvgIpc) is 3.17. The number of hydrogen-bond acceptors (Lipinski definition) is 5. The number of nitrogens with one attached hydrogen (secondary N) is 2. The number of aromatic nitrogens is 1. The van der Waals surface area contributed by atoms with Gasteiger partial charge in [-0.25, -0.2) is 4.79 Å². The van der Waals surface area contributed by atoms with E-state index in [-0.39, 0.29) is 24.8 Å². The van der Waals surface area contributed by atoms with Crippen molar-refractivity contribution < 1.29 is 24.2 Å². The quantitative estimate of drug-likeness (QED) is 0.656. The maximum atomic E-state index is 12.8. The Morgan fingerprint density at radius 3 is 2.66 bits per heavy atom. The molecular weight excluding hydrogens is 376 g/mol. The molecule has 2 fully saturated rings. The van der Waals surface area contributed by atoms with Crippen LogP contribution >= 0.6 is 0 Å². The van der Waals surface area contributed by atoms with Crippen LogP contribution in [-0.2, 0) is 16.1 Å². The fraction of sp³-hybridized carbons (Fsp3) is 0.450. The first kappa shape index (κ1) is 19.1. The lowest BCUT2D eigenvalue weighted by molar-refractivity contribution is -0.137. The highest BCUT2D eigenvalue weighted by molar-refractivity contribution is 6.08. The highest BCUT2D eigenvalue weighted by Gasteiger charge is 2.49. The zero-order valence-electron chi connectivity index (χ0n) is 16.2. The minimum Gasteiger partial charge on any atom is -0.497 e. The minimum absolute atomic E-state index is 0.0577. The van der Waals surface area contributed by atoms with E-state index >= 15 is 0 Å². The maximum absolute atomic E-state index is 12.8. The Bertz CT molecular complexity index is 979. The smallest absolute Gasteiger partial charge is 0.322 e. The van der Waals surface area contributed by atoms with Crippen LogP contribution in [0.3, 0.4) is 0 Å². The second-order valence-electron chi connectivity index (χ2n) is 7.64. The monoisotopic (exact) mass is 400 g/mol. The van der Waals surface area contributed by atoms with E-state index in [0.29, 0.717) is 24.2 Å². The van der Waals surface area contributed by atoms with Gasteiger partial charge in [-0.05, 0) is 37.5 Å². The molecule has 1 unspecified atom stereocenters. The third kappa shape index (κ3) is 3.48. The van der Waals surface area contributed by atoms with E-state index in [1.807, 2.05) is 0 Å². The number of aromatic hydroxyl groups is 1. The summed E-state index contributed by atoms with van der Waals surface area (Å²) in [5.41, 5.74) is -1.46. The summed E-state index contributed by atoms with van der Waals surface area (Å²) < 4.78 is 6.68. The van der Waals surface area contributed by atoms with Gasteiger partial charge in [-0.2, -0.15) is 0 Å². The third-order valence-corrected chi connectivity index (χ3v) is 5.68. The lowest BCUT2D eigenvalue weighted by Gasteiger charge is -2.32. The summed E-state index contributed by atoms with van der Waals surface area (Å²) in [4.78, 5) is 39.2. The molecule has 0 bridgehead atoms. The second-order valence-corrected chi connectivity index (χ2v) is 7.64. The molecule has 3 heterocycles. The van der Waals surface area contributed by atoms with E-state index in [1.54, 1.807) is 29.3 Å². The SMILES string of the molecule is COc1ccc2cn(CC3(CC(=O)N4CCCCC4)NC(=O)NC3=O)c(O)c2c1. The number of nitrogens with zero attached hydrogens (tertiary/aromatic N) is 2. The number of piperidine rings is 1. The standard InChI is InChI=1S/C20H24N4O5/c1-29-14-6-5-13-11-24(17(26)15(13)9-14)12-20(18(27)21-19(28)22-20)10-16(25)23-7-3-2-4-8-23/h5-6,9,11,26H,2-4,7-8,10,12H2,1H3,(H2,21,22,27,28). The van der Waals surface area contributed by atoms with Crippen LogP contribution in [0.2, 0.25) is 0 Å². The number of ether oxygens (including phenoxy) is 1. The lowest BCUT2D eigenvalue weighted by Crippen LogP contribution is -2.54. The molecule has 154 valence electrons. The Labute approximate surface area is 167 Å². The van der Waals surface area contributed by atoms with E-state index in [2.05, 4.69) is 10.6 Å². The van der Waals surface area contributed by atoms with Crippen molar-refractivity contribution in [2.24, 2.45) is 0 Å². The number of carbonyl (C=O) groups is 3. The zero-order chi connectivity index (χ0) is 20.6. The highest BCUT2D eigenvalue weighted by Crippen LogP contribution is 2.33. The Morgan fingerprint density at radius 2 is 2.00 bits per heavy atom. The number of amides is 4. The van der Waals surface area contributed by atoms with Gasteiger partial charge in [0.25, 0.3) is 5.91 Å². The molecule has 2 aromatic rings. The third-order valence-electron chi connectivity index (χ3n) is 5.68. The molecule has 0 saturated carbocycles. The molecule has 2 aliphatic rings. The molecule has 9 nitrogen and oxygen atoms in total. The van der Waals surface area contributed by atoms with Crippen molar-refractivity contribution in [3.63, 3.8) is 0 Å². The lowest BCUT2D eigenvalue weighted by atomic mass is 9.93. The Morgan fingerprint density at radius 1 is 1.24 bits per heavy atom. The Kier molecular flexibility index (Phi) is 4.81. The summed E-state index contributed by atoms with van der Waals surface area (Å²) in [6, 6.07) is 4.62. The number of hydrogen-bond donors (Lipinski definition) is 3. The van der Waals surface area contributed by atoms with E-state index in [4.69, 9.17) is 4.74 Å². The molecule has 1 aromatic heterocycles. The van der Waals surface area contributed by atoms with Crippen molar-refractivity contribution >= 4 is 28.6 Å². The number of carbonyl (C=O) groups excluding carboxylic acids is 3. The molecule has 9 heteroatoms. The Hall–Kier alpha value is -3.23. The van der Waals surface area contributed by atoms with Gasteiger partial charge in [-0.3, -0.25) is 14.9 Å². The summed E-state index contributed by atoms with van der Waals surface area (Å²) in [5.74, 6) is -0.215. The predicted octanol–water partition coefficient (Wildman–Crippen LogP) is 1.34. The molecule has 0 radical (unpaired) electrons. The number of likely N-dealkylation sites (tertiary alicyclic amines) is 1. The number of rotatable bonds is 5. The van der Waals surface area contributed by atoms with Crippen LogP contribution in [0, 0.1) is 0 Å². The van der Waals surface area contributed by atoms with Gasteiger partial charge in [0, 0.05) is 30.1 Å². The van der Waals surface area contributed by atoms with Gasteiger partial charge in [0.1, 0.15) is 11.3 Å². The first-order valence-corrected chi connectivity index (χ1v) is 9.69. The molecule has 3 N–H and O–H groups in total. The number of fused-ring (bicyclic) bond motifs is 1. The maximum Gasteiger partial charge on any atom is 0.322 e. The molecule has 2 saturated heterocycles. The van der Waals surface area contributed by atoms with Gasteiger partial charge in [-0.1, -0.05) is 0 Å². The molecule has 4 rings (SSSR count). The summed E-state index contributed by atoms with van der Waals surface area (Å²) in [6.45, 7) is 1.25. The highest BCUT2D eigenvalue weighted by atomic mass is 16.5. The molecule has 0 aliphatic carbocycles. The Balaban J connectivity index is 1.65. The molecule has 4 amide bonds. The van der Waals surface area contributed by atoms with Crippen LogP contribution in [0.25, 0.3) is 10.8 Å². The van der Waals surface area contributed by atoms with Crippen LogP contribution in [0.5, 0.6) is 11.6 Å². The number of methoxy groups -OCH3 is 1. The zero-order valence-corrected chi connectivity index (χ0v) is 16.2. The average molecular weight is 400 g/mol. The summed E-state index contributed by atoms with van der Waals surface area (Å²) in [7, 11) is 1.54. The first-order valence-electron chi connectivity index (χ1n) is 9.69. The van der Waals surface area contributed by atoms with Crippen molar-refractivity contribution in [3.05, 3.63) is 24.4 Å². The molecule has 2 aliphatic heterocycles. The second kappa shape index (κ2) is 7.31. The van der Waals surface area contributed by atoms with Crippen LogP contribution in [-0.4, -0.2) is 58.2 Å². The summed E-state index contributed by atoms with van der Waals surface area (Å²) in [6.07, 6.45) is 4.47. The van der Waals surface area contributed by atoms with E-state index < -0.39 is 17.5 Å². The van der Waals surface area contributed by atoms with Crippen LogP contribution in [0.1, 0.15) is 25.7 Å². The molecule has 1 aromatic carbocycles. The number of imide groups is 1. The van der Waals surface area contributed by atoms with Crippen LogP contribution in [0.4, 0.5) is 4.79 Å². The summed E-state index contributed by atoms with van der Waals surface area (Å²) in [5, 5.41) is 16.9. The molecule has 1 atom stereocenters. The normalized spacial score (nSPS) is 21.9. The van der Waals surface area contributed by atoms with Crippen molar-refractivity contribution in [3.8, 4) is 11.6 Å². The first-order chi connectivity index (χ1) is 13.9. The van der Waals surface area contributed by atoms with Gasteiger partial charge in [0.05, 0.1) is 20.1 Å². The van der Waals surface area contributed by atoms with Gasteiger partial charge < -0.3 is 24.6 Å². The number of urea groups is 1. The van der Waals surface area contributed by atoms with Crippen LogP contribution < -0.4 is 15.4 Å². The van der Waals surface area contributed by atoms with Crippen molar-refractivity contribution in [2.75, 3.05) is 20.2 Å².